The van der Waals surface area contributed by atoms with Crippen LogP contribution >= 0.6 is 11.9 Å². The molecule has 0 aliphatic carbocycles. The van der Waals surface area contributed by atoms with E-state index in [9.17, 15) is 9.18 Å². The Bertz CT molecular complexity index is 158. The number of alkyl halides is 1. The quantitative estimate of drug-likeness (QED) is 0.530. The number of carboxylic acids is 1. The summed E-state index contributed by atoms with van der Waals surface area (Å²) in [6, 6.07) is 0. The van der Waals surface area contributed by atoms with Gasteiger partial charge in [0, 0.05) is 4.75 Å². The molecule has 2 N–H and O–H groups in total. The Morgan fingerprint density at radius 1 is 1.67 bits per heavy atom. The molecule has 0 aromatic rings. The number of carboxylic acid groups (broad SMARTS) is 1. The minimum absolute atomic E-state index is 0.108. The molecule has 0 fully saturated rings. The number of carbonyl (C=O) groups is 1. The lowest BCUT2D eigenvalue weighted by Gasteiger charge is -2.18. The first-order valence-electron chi connectivity index (χ1n) is 3.60. The summed E-state index contributed by atoms with van der Waals surface area (Å²) in [7, 11) is 0. The van der Waals surface area contributed by atoms with Crippen LogP contribution in [0.15, 0.2) is 0 Å². The Kier molecular flexibility index (Phi) is 4.55. The number of halogens is 1. The van der Waals surface area contributed by atoms with Crippen molar-refractivity contribution in [3.05, 3.63) is 0 Å². The summed E-state index contributed by atoms with van der Waals surface area (Å²) >= 11 is 1.20. The Hall–Kier alpha value is -0.290. The van der Waals surface area contributed by atoms with Crippen LogP contribution in [0.5, 0.6) is 0 Å². The van der Waals surface area contributed by atoms with Gasteiger partial charge < -0.3 is 5.11 Å². The van der Waals surface area contributed by atoms with Gasteiger partial charge in [0.25, 0.3) is 0 Å². The van der Waals surface area contributed by atoms with Crippen molar-refractivity contribution in [1.82, 2.24) is 4.72 Å². The molecule has 0 aliphatic heterocycles. The highest BCUT2D eigenvalue weighted by Gasteiger charge is 2.16. The van der Waals surface area contributed by atoms with Crippen molar-refractivity contribution in [1.29, 1.82) is 0 Å². The summed E-state index contributed by atoms with van der Waals surface area (Å²) in [5.41, 5.74) is 0. The second kappa shape index (κ2) is 4.67. The first kappa shape index (κ1) is 11.7. The SMILES string of the molecule is CC(C)(C)SNC(F)CC(=O)O. The van der Waals surface area contributed by atoms with Crippen molar-refractivity contribution < 1.29 is 14.3 Å². The maximum Gasteiger partial charge on any atom is 0.307 e. The second-order valence-corrected chi connectivity index (χ2v) is 5.06. The fourth-order valence-electron chi connectivity index (χ4n) is 0.436. The van der Waals surface area contributed by atoms with Crippen LogP contribution in [0.1, 0.15) is 27.2 Å². The predicted molar refractivity (Wildman–Crippen MR) is 47.6 cm³/mol. The highest BCUT2D eigenvalue weighted by molar-refractivity contribution is 7.98. The predicted octanol–water partition coefficient (Wildman–Crippen LogP) is 1.79. The van der Waals surface area contributed by atoms with Crippen LogP contribution in [0.3, 0.4) is 0 Å². The number of hydrogen-bond donors (Lipinski definition) is 2. The fraction of sp³-hybridized carbons (Fsp3) is 0.857. The molecule has 0 aromatic carbocycles. The van der Waals surface area contributed by atoms with Crippen molar-refractivity contribution in [3.63, 3.8) is 0 Å². The van der Waals surface area contributed by atoms with Gasteiger partial charge in [-0.2, -0.15) is 0 Å². The summed E-state index contributed by atoms with van der Waals surface area (Å²) in [6.07, 6.45) is -1.98. The molecule has 5 heteroatoms. The molecule has 0 rings (SSSR count). The number of rotatable bonds is 4. The molecule has 0 heterocycles. The molecule has 3 nitrogen and oxygen atoms in total. The number of nitrogens with one attached hydrogen (secondary N) is 1. The molecule has 72 valence electrons. The van der Waals surface area contributed by atoms with E-state index in [0.717, 1.165) is 0 Å². The van der Waals surface area contributed by atoms with E-state index in [-0.39, 0.29) is 4.75 Å². The monoisotopic (exact) mass is 195 g/mol. The van der Waals surface area contributed by atoms with E-state index in [1.807, 2.05) is 20.8 Å². The van der Waals surface area contributed by atoms with Crippen LogP contribution in [-0.2, 0) is 4.79 Å². The Morgan fingerprint density at radius 3 is 2.50 bits per heavy atom. The van der Waals surface area contributed by atoms with Crippen molar-refractivity contribution >= 4 is 17.9 Å². The molecule has 0 aliphatic rings. The van der Waals surface area contributed by atoms with E-state index in [2.05, 4.69) is 4.72 Å². The first-order valence-corrected chi connectivity index (χ1v) is 4.42. The topological polar surface area (TPSA) is 49.3 Å². The molecule has 0 radical (unpaired) electrons. The van der Waals surface area contributed by atoms with E-state index in [0.29, 0.717) is 0 Å². The van der Waals surface area contributed by atoms with Crippen LogP contribution in [0.2, 0.25) is 0 Å². The van der Waals surface area contributed by atoms with Gasteiger partial charge in [0.15, 0.2) is 6.30 Å². The largest absolute Gasteiger partial charge is 0.481 e. The normalized spacial score (nSPS) is 14.3. The van der Waals surface area contributed by atoms with E-state index < -0.39 is 18.7 Å². The fourth-order valence-corrected chi connectivity index (χ4v) is 1.00. The summed E-state index contributed by atoms with van der Waals surface area (Å²) < 4.78 is 15.0. The minimum atomic E-state index is -1.48. The standard InChI is InChI=1S/C7H14FNO2S/c1-7(2,3)12-9-5(8)4-6(10)11/h5,9H,4H2,1-3H3,(H,10,11). The Morgan fingerprint density at radius 2 is 2.17 bits per heavy atom. The lowest BCUT2D eigenvalue weighted by molar-refractivity contribution is -0.138. The Labute approximate surface area is 75.9 Å². The third kappa shape index (κ3) is 7.81. The molecule has 0 saturated heterocycles. The number of hydrogen-bond acceptors (Lipinski definition) is 3. The molecule has 0 spiro atoms. The van der Waals surface area contributed by atoms with Crippen molar-refractivity contribution in [2.24, 2.45) is 0 Å². The van der Waals surface area contributed by atoms with Crippen molar-refractivity contribution in [2.45, 2.75) is 38.2 Å². The maximum absolute atomic E-state index is 12.7. The molecular formula is C7H14FNO2S. The maximum atomic E-state index is 12.7. The zero-order valence-corrected chi connectivity index (χ0v) is 8.24. The summed E-state index contributed by atoms with van der Waals surface area (Å²) in [4.78, 5) is 10.0. The molecule has 0 amide bonds. The smallest absolute Gasteiger partial charge is 0.307 e. The summed E-state index contributed by atoms with van der Waals surface area (Å²) in [5.74, 6) is -1.13. The van der Waals surface area contributed by atoms with Crippen LogP contribution in [0.4, 0.5) is 4.39 Å². The lowest BCUT2D eigenvalue weighted by atomic mass is 10.3. The summed E-state index contributed by atoms with van der Waals surface area (Å²) in [6.45, 7) is 5.74. The second-order valence-electron chi connectivity index (χ2n) is 3.40. The van der Waals surface area contributed by atoms with Gasteiger partial charge in [-0.3, -0.25) is 4.79 Å². The summed E-state index contributed by atoms with van der Waals surface area (Å²) in [5, 5.41) is 8.22. The third-order valence-electron chi connectivity index (χ3n) is 0.847. The molecular weight excluding hydrogens is 181 g/mol. The van der Waals surface area contributed by atoms with Gasteiger partial charge in [0.2, 0.25) is 0 Å². The van der Waals surface area contributed by atoms with Crippen molar-refractivity contribution in [3.8, 4) is 0 Å². The average Bonchev–Trinajstić information content (AvgIpc) is 1.80. The van der Waals surface area contributed by atoms with Crippen molar-refractivity contribution in [2.75, 3.05) is 0 Å². The first-order chi connectivity index (χ1) is 5.31. The van der Waals surface area contributed by atoms with E-state index >= 15 is 0 Å². The van der Waals surface area contributed by atoms with E-state index in [1.54, 1.807) is 0 Å². The van der Waals surface area contributed by atoms with Crippen LogP contribution in [0.25, 0.3) is 0 Å². The van der Waals surface area contributed by atoms with Crippen LogP contribution in [-0.4, -0.2) is 22.1 Å². The van der Waals surface area contributed by atoms with E-state index in [4.69, 9.17) is 5.11 Å². The molecule has 0 aromatic heterocycles. The zero-order chi connectivity index (χ0) is 9.78. The lowest BCUT2D eigenvalue weighted by Crippen LogP contribution is -2.26. The molecule has 1 atom stereocenters. The number of aliphatic carboxylic acids is 1. The highest BCUT2D eigenvalue weighted by Crippen LogP contribution is 2.20. The van der Waals surface area contributed by atoms with Gasteiger partial charge in [-0.05, 0) is 20.8 Å². The van der Waals surface area contributed by atoms with Gasteiger partial charge in [0.1, 0.15) is 0 Å². The van der Waals surface area contributed by atoms with E-state index in [1.165, 1.54) is 11.9 Å². The van der Waals surface area contributed by atoms with Gasteiger partial charge in [0.05, 0.1) is 6.42 Å². The third-order valence-corrected chi connectivity index (χ3v) is 1.83. The zero-order valence-electron chi connectivity index (χ0n) is 7.43. The molecule has 0 bridgehead atoms. The van der Waals surface area contributed by atoms with Gasteiger partial charge in [-0.15, -0.1) is 0 Å². The molecule has 0 saturated carbocycles. The Balaban J connectivity index is 3.57. The van der Waals surface area contributed by atoms with Crippen LogP contribution in [0, 0.1) is 0 Å². The van der Waals surface area contributed by atoms with Gasteiger partial charge in [-0.1, -0.05) is 11.9 Å². The molecule has 1 unspecified atom stereocenters. The molecule has 12 heavy (non-hydrogen) atoms. The van der Waals surface area contributed by atoms with Gasteiger partial charge >= 0.3 is 5.97 Å². The van der Waals surface area contributed by atoms with Crippen LogP contribution < -0.4 is 4.72 Å². The van der Waals surface area contributed by atoms with Gasteiger partial charge in [-0.25, -0.2) is 9.11 Å². The average molecular weight is 195 g/mol. The highest BCUT2D eigenvalue weighted by atomic mass is 32.2. The minimum Gasteiger partial charge on any atom is -0.481 e.